The molecule has 0 spiro atoms. The fourth-order valence-electron chi connectivity index (χ4n) is 2.45. The molecular weight excluding hydrogens is 335 g/mol. The van der Waals surface area contributed by atoms with Crippen molar-refractivity contribution in [2.24, 2.45) is 0 Å². The van der Waals surface area contributed by atoms with E-state index in [-0.39, 0.29) is 18.0 Å². The molecule has 0 bridgehead atoms. The van der Waals surface area contributed by atoms with Gasteiger partial charge in [-0.2, -0.15) is 13.2 Å². The van der Waals surface area contributed by atoms with Crippen LogP contribution in [0.15, 0.2) is 69.9 Å². The molecule has 7 heteroatoms. The second-order valence-corrected chi connectivity index (χ2v) is 5.37. The lowest BCUT2D eigenvalue weighted by Gasteiger charge is -2.14. The zero-order chi connectivity index (χ0) is 17.9. The van der Waals surface area contributed by atoms with Gasteiger partial charge in [0.2, 0.25) is 0 Å². The Hall–Kier alpha value is -2.96. The van der Waals surface area contributed by atoms with Gasteiger partial charge in [0.05, 0.1) is 24.0 Å². The number of carbonyl (C=O) groups excluding carboxylic acids is 1. The van der Waals surface area contributed by atoms with Gasteiger partial charge in [-0.15, -0.1) is 0 Å². The van der Waals surface area contributed by atoms with Gasteiger partial charge in [0, 0.05) is 12.1 Å². The van der Waals surface area contributed by atoms with Gasteiger partial charge in [-0.3, -0.25) is 4.79 Å². The minimum absolute atomic E-state index is 0.0625. The van der Waals surface area contributed by atoms with E-state index < -0.39 is 17.6 Å². The van der Waals surface area contributed by atoms with Crippen molar-refractivity contribution >= 4 is 5.91 Å². The van der Waals surface area contributed by atoms with Crippen LogP contribution in [0.25, 0.3) is 0 Å². The van der Waals surface area contributed by atoms with Gasteiger partial charge in [0.25, 0.3) is 5.91 Å². The van der Waals surface area contributed by atoms with Crippen molar-refractivity contribution in [3.05, 3.63) is 83.7 Å². The Morgan fingerprint density at radius 3 is 2.16 bits per heavy atom. The highest BCUT2D eigenvalue weighted by atomic mass is 19.4. The zero-order valence-corrected chi connectivity index (χ0v) is 12.9. The quantitative estimate of drug-likeness (QED) is 0.740. The third-order valence-electron chi connectivity index (χ3n) is 3.69. The van der Waals surface area contributed by atoms with E-state index in [2.05, 4.69) is 5.32 Å². The fourth-order valence-corrected chi connectivity index (χ4v) is 2.45. The lowest BCUT2D eigenvalue weighted by Crippen LogP contribution is -2.28. The average molecular weight is 349 g/mol. The molecule has 4 nitrogen and oxygen atoms in total. The Bertz CT molecular complexity index is 789. The number of benzene rings is 1. The summed E-state index contributed by atoms with van der Waals surface area (Å²) < 4.78 is 49.0. The molecule has 0 saturated heterocycles. The molecule has 25 heavy (non-hydrogen) atoms. The summed E-state index contributed by atoms with van der Waals surface area (Å²) in [6, 6.07) is 11.2. The Morgan fingerprint density at radius 2 is 1.64 bits per heavy atom. The molecule has 3 aromatic rings. The van der Waals surface area contributed by atoms with Gasteiger partial charge in [-0.25, -0.2) is 0 Å². The molecule has 0 aliphatic carbocycles. The third-order valence-corrected chi connectivity index (χ3v) is 3.69. The van der Waals surface area contributed by atoms with E-state index in [0.29, 0.717) is 11.5 Å². The fraction of sp³-hybridized carbons (Fsp3) is 0.167. The number of hydrogen-bond acceptors (Lipinski definition) is 3. The van der Waals surface area contributed by atoms with E-state index in [1.54, 1.807) is 24.3 Å². The Labute approximate surface area is 141 Å². The number of alkyl halides is 3. The first kappa shape index (κ1) is 16.9. The van der Waals surface area contributed by atoms with Gasteiger partial charge >= 0.3 is 6.18 Å². The van der Waals surface area contributed by atoms with Crippen molar-refractivity contribution in [2.45, 2.75) is 12.1 Å². The van der Waals surface area contributed by atoms with Crippen LogP contribution in [-0.2, 0) is 6.18 Å². The minimum atomic E-state index is -4.50. The number of halogens is 3. The van der Waals surface area contributed by atoms with Crippen molar-refractivity contribution in [1.29, 1.82) is 0 Å². The normalized spacial score (nSPS) is 11.7. The van der Waals surface area contributed by atoms with Crippen molar-refractivity contribution in [3.63, 3.8) is 0 Å². The SMILES string of the molecule is O=C(NCC(c1ccco1)c1ccco1)c1cccc(C(F)(F)F)c1. The van der Waals surface area contributed by atoms with Crippen LogP contribution >= 0.6 is 0 Å². The van der Waals surface area contributed by atoms with E-state index in [1.165, 1.54) is 24.7 Å². The molecule has 0 fully saturated rings. The maximum absolute atomic E-state index is 12.8. The van der Waals surface area contributed by atoms with Crippen molar-refractivity contribution < 1.29 is 26.8 Å². The second kappa shape index (κ2) is 6.88. The molecule has 130 valence electrons. The molecule has 0 radical (unpaired) electrons. The van der Waals surface area contributed by atoms with Crippen molar-refractivity contribution in [2.75, 3.05) is 6.54 Å². The highest BCUT2D eigenvalue weighted by Gasteiger charge is 2.31. The molecule has 1 aromatic carbocycles. The highest BCUT2D eigenvalue weighted by molar-refractivity contribution is 5.94. The van der Waals surface area contributed by atoms with E-state index in [4.69, 9.17) is 8.83 Å². The first-order valence-electron chi connectivity index (χ1n) is 7.47. The van der Waals surface area contributed by atoms with Crippen LogP contribution in [0.5, 0.6) is 0 Å². The number of amides is 1. The van der Waals surface area contributed by atoms with E-state index in [9.17, 15) is 18.0 Å². The first-order chi connectivity index (χ1) is 11.9. The van der Waals surface area contributed by atoms with Crippen molar-refractivity contribution in [3.8, 4) is 0 Å². The van der Waals surface area contributed by atoms with Gasteiger partial charge in [-0.05, 0) is 42.5 Å². The van der Waals surface area contributed by atoms with Gasteiger partial charge in [0.15, 0.2) is 0 Å². The van der Waals surface area contributed by atoms with Crippen LogP contribution < -0.4 is 5.32 Å². The number of hydrogen-bond donors (Lipinski definition) is 1. The topological polar surface area (TPSA) is 55.4 Å². The Balaban J connectivity index is 1.74. The number of rotatable bonds is 5. The Kier molecular flexibility index (Phi) is 4.65. The van der Waals surface area contributed by atoms with E-state index >= 15 is 0 Å². The molecule has 0 aliphatic heterocycles. The predicted molar refractivity (Wildman–Crippen MR) is 83.0 cm³/mol. The summed E-state index contributed by atoms with van der Waals surface area (Å²) in [5.41, 5.74) is -0.929. The smallest absolute Gasteiger partial charge is 0.416 e. The van der Waals surface area contributed by atoms with Crippen LogP contribution in [0.2, 0.25) is 0 Å². The molecule has 1 amide bonds. The van der Waals surface area contributed by atoms with Crippen LogP contribution in [0.4, 0.5) is 13.2 Å². The molecular formula is C18H14F3NO3. The molecule has 1 N–H and O–H groups in total. The first-order valence-corrected chi connectivity index (χ1v) is 7.47. The molecule has 2 heterocycles. The van der Waals surface area contributed by atoms with Crippen LogP contribution in [0.1, 0.15) is 33.4 Å². The molecule has 2 aromatic heterocycles. The highest BCUT2D eigenvalue weighted by Crippen LogP contribution is 2.29. The number of nitrogens with one attached hydrogen (secondary N) is 1. The summed E-state index contributed by atoms with van der Waals surface area (Å²) in [4.78, 5) is 12.2. The maximum atomic E-state index is 12.8. The zero-order valence-electron chi connectivity index (χ0n) is 12.9. The van der Waals surface area contributed by atoms with E-state index in [1.807, 2.05) is 0 Å². The average Bonchev–Trinajstić information content (AvgIpc) is 3.28. The maximum Gasteiger partial charge on any atom is 0.416 e. The van der Waals surface area contributed by atoms with E-state index in [0.717, 1.165) is 12.1 Å². The summed E-state index contributed by atoms with van der Waals surface area (Å²) in [7, 11) is 0. The summed E-state index contributed by atoms with van der Waals surface area (Å²) in [5.74, 6) is 0.188. The van der Waals surface area contributed by atoms with Gasteiger partial charge < -0.3 is 14.2 Å². The molecule has 3 rings (SSSR count). The minimum Gasteiger partial charge on any atom is -0.469 e. The predicted octanol–water partition coefficient (Wildman–Crippen LogP) is 4.45. The molecule has 0 atom stereocenters. The Morgan fingerprint density at radius 1 is 1.00 bits per heavy atom. The lowest BCUT2D eigenvalue weighted by molar-refractivity contribution is -0.137. The standard InChI is InChI=1S/C18H14F3NO3/c19-18(20,21)13-5-1-4-12(10-13)17(23)22-11-14(15-6-2-8-24-15)16-7-3-9-25-16/h1-10,14H,11H2,(H,22,23). The van der Waals surface area contributed by atoms with Crippen LogP contribution in [0, 0.1) is 0 Å². The molecule has 0 saturated carbocycles. The number of furan rings is 2. The van der Waals surface area contributed by atoms with Crippen LogP contribution in [0.3, 0.4) is 0 Å². The summed E-state index contributed by atoms with van der Waals surface area (Å²) in [6.45, 7) is 0.121. The summed E-state index contributed by atoms with van der Waals surface area (Å²) >= 11 is 0. The largest absolute Gasteiger partial charge is 0.469 e. The van der Waals surface area contributed by atoms with Crippen molar-refractivity contribution in [1.82, 2.24) is 5.32 Å². The number of carbonyl (C=O) groups is 1. The lowest BCUT2D eigenvalue weighted by atomic mass is 10.0. The monoisotopic (exact) mass is 349 g/mol. The molecule has 0 unspecified atom stereocenters. The summed E-state index contributed by atoms with van der Waals surface area (Å²) in [6.07, 6.45) is -1.50. The summed E-state index contributed by atoms with van der Waals surface area (Å²) in [5, 5.41) is 2.63. The van der Waals surface area contributed by atoms with Gasteiger partial charge in [-0.1, -0.05) is 6.07 Å². The third kappa shape index (κ3) is 3.93. The van der Waals surface area contributed by atoms with Gasteiger partial charge in [0.1, 0.15) is 11.5 Å². The van der Waals surface area contributed by atoms with Crippen LogP contribution in [-0.4, -0.2) is 12.5 Å². The molecule has 0 aliphatic rings. The second-order valence-electron chi connectivity index (χ2n) is 5.37.